The fourth-order valence-electron chi connectivity index (χ4n) is 0.111. The molecule has 0 radical (unpaired) electrons. The fourth-order valence-corrected chi connectivity index (χ4v) is 0.111. The van der Waals surface area contributed by atoms with Crippen molar-refractivity contribution in [2.75, 3.05) is 13.6 Å². The van der Waals surface area contributed by atoms with Crippen molar-refractivity contribution >= 4 is 0 Å². The smallest absolute Gasteiger partial charge is 0.214 e. The van der Waals surface area contributed by atoms with Crippen LogP contribution < -0.4 is 0 Å². The van der Waals surface area contributed by atoms with E-state index in [9.17, 15) is 0 Å². The summed E-state index contributed by atoms with van der Waals surface area (Å²) in [6.45, 7) is -0.854. The molecule has 0 atom stereocenters. The highest BCUT2D eigenvalue weighted by Gasteiger charge is 1.83. The number of hydrogen-bond donors (Lipinski definition) is 2. The molecule has 0 aromatic carbocycles. The molecule has 2 N–H and O–H groups in total. The van der Waals surface area contributed by atoms with Crippen LogP contribution >= 0.6 is 0 Å². The maximum absolute atomic E-state index is 7.56. The van der Waals surface area contributed by atoms with Crippen LogP contribution in [0.15, 0.2) is 0 Å². The molecule has 0 aliphatic heterocycles. The molecule has 0 aromatic heterocycles. The quantitative estimate of drug-likeness (QED) is 0.230. The maximum Gasteiger partial charge on any atom is 0.214 e. The summed E-state index contributed by atoms with van der Waals surface area (Å²) in [4.78, 5) is 14.7. The van der Waals surface area contributed by atoms with Crippen molar-refractivity contribution < 1.29 is 30.1 Å². The first-order valence-electron chi connectivity index (χ1n) is 1.69. The van der Waals surface area contributed by atoms with Gasteiger partial charge in [-0.25, -0.2) is 30.1 Å². The third-order valence-electron chi connectivity index (χ3n) is 0.285. The summed E-state index contributed by atoms with van der Waals surface area (Å²) in [7, 11) is 0. The lowest BCUT2D eigenvalue weighted by Gasteiger charge is -1.96. The first-order chi connectivity index (χ1) is 3.91. The summed E-state index contributed by atoms with van der Waals surface area (Å²) in [6, 6.07) is 0. The molecule has 50 valence electrons. The van der Waals surface area contributed by atoms with Crippen LogP contribution in [0.3, 0.4) is 0 Å². The fraction of sp³-hybridized carbons (Fsp3) is 1.00. The molecule has 0 unspecified atom stereocenters. The summed E-state index contributed by atoms with van der Waals surface area (Å²) in [5.74, 6) is 0. The third kappa shape index (κ3) is 5.76. The van der Waals surface area contributed by atoms with Crippen LogP contribution in [0.25, 0.3) is 0 Å². The van der Waals surface area contributed by atoms with Crippen molar-refractivity contribution in [2.45, 2.75) is 0 Å². The van der Waals surface area contributed by atoms with E-state index in [0.29, 0.717) is 0 Å². The molecule has 0 heterocycles. The minimum absolute atomic E-state index is 0.427. The van der Waals surface area contributed by atoms with Gasteiger partial charge in [0, 0.05) is 0 Å². The van der Waals surface area contributed by atoms with Gasteiger partial charge >= 0.3 is 0 Å². The molecular weight excluding hydrogens is 120 g/mol. The van der Waals surface area contributed by atoms with Gasteiger partial charge < -0.3 is 0 Å². The van der Waals surface area contributed by atoms with Gasteiger partial charge in [-0.3, -0.25) is 0 Å². The predicted molar refractivity (Wildman–Crippen MR) is 19.3 cm³/mol. The van der Waals surface area contributed by atoms with Crippen molar-refractivity contribution in [2.24, 2.45) is 0 Å². The minimum Gasteiger partial charge on any atom is -0.249 e. The Bertz CT molecular complexity index is 31.5. The van der Waals surface area contributed by atoms with Gasteiger partial charge in [0.15, 0.2) is 0 Å². The van der Waals surface area contributed by atoms with Gasteiger partial charge in [-0.15, -0.1) is 0 Å². The van der Waals surface area contributed by atoms with Crippen LogP contribution in [-0.2, 0) is 19.6 Å². The second-order valence-corrected chi connectivity index (χ2v) is 0.730. The van der Waals surface area contributed by atoms with E-state index in [2.05, 4.69) is 19.6 Å². The van der Waals surface area contributed by atoms with Gasteiger partial charge in [0.1, 0.15) is 0 Å². The van der Waals surface area contributed by atoms with Crippen molar-refractivity contribution in [3.05, 3.63) is 0 Å². The van der Waals surface area contributed by atoms with E-state index in [1.54, 1.807) is 0 Å². The summed E-state index contributed by atoms with van der Waals surface area (Å²) in [5.41, 5.74) is 0. The zero-order valence-electron chi connectivity index (χ0n) is 3.94. The predicted octanol–water partition coefficient (Wildman–Crippen LogP) is -0.171. The molecule has 0 aromatic rings. The van der Waals surface area contributed by atoms with Gasteiger partial charge in [-0.05, 0) is 0 Å². The summed E-state index contributed by atoms with van der Waals surface area (Å²) < 4.78 is 0. The lowest BCUT2D eigenvalue weighted by Crippen LogP contribution is -2.01. The van der Waals surface area contributed by atoms with Crippen molar-refractivity contribution in [1.29, 1.82) is 0 Å². The molecule has 0 fully saturated rings. The van der Waals surface area contributed by atoms with Crippen molar-refractivity contribution in [3.8, 4) is 0 Å². The summed E-state index contributed by atoms with van der Waals surface area (Å²) in [5, 5.41) is 15.1. The average Bonchev–Trinajstić information content (AvgIpc) is 1.81. The first-order valence-corrected chi connectivity index (χ1v) is 1.69. The van der Waals surface area contributed by atoms with E-state index in [-0.39, 0.29) is 0 Å². The molecule has 0 amide bonds. The first kappa shape index (κ1) is 7.76. The molecule has 8 heavy (non-hydrogen) atoms. The summed E-state index contributed by atoms with van der Waals surface area (Å²) in [6.07, 6.45) is 0. The second-order valence-electron chi connectivity index (χ2n) is 0.730. The molecule has 0 bridgehead atoms. The highest BCUT2D eigenvalue weighted by atomic mass is 17.3. The maximum atomic E-state index is 7.56. The zero-order valence-corrected chi connectivity index (χ0v) is 3.94. The Hall–Kier alpha value is -0.240. The lowest BCUT2D eigenvalue weighted by atomic mass is 11.5. The molecule has 0 spiro atoms. The second kappa shape index (κ2) is 6.76. The van der Waals surface area contributed by atoms with Crippen LogP contribution in [0.5, 0.6) is 0 Å². The Labute approximate surface area is 44.9 Å². The molecule has 0 aliphatic carbocycles. The van der Waals surface area contributed by atoms with Gasteiger partial charge in [-0.1, -0.05) is 0 Å². The van der Waals surface area contributed by atoms with Crippen LogP contribution in [0.1, 0.15) is 0 Å². The van der Waals surface area contributed by atoms with Crippen molar-refractivity contribution in [1.82, 2.24) is 0 Å². The van der Waals surface area contributed by atoms with Crippen LogP contribution in [-0.4, -0.2) is 24.1 Å². The third-order valence-corrected chi connectivity index (χ3v) is 0.285. The molecule has 6 heteroatoms. The Morgan fingerprint density at radius 2 is 1.25 bits per heavy atom. The SMILES string of the molecule is OOCOOCOO. The zero-order chi connectivity index (χ0) is 6.24. The average molecular weight is 126 g/mol. The standard InChI is InChI=1S/C2H6O6/c3-5-1-7-8-2-6-4/h3-4H,1-2H2. The van der Waals surface area contributed by atoms with Crippen LogP contribution in [0.4, 0.5) is 0 Å². The Morgan fingerprint density at radius 1 is 0.875 bits per heavy atom. The van der Waals surface area contributed by atoms with Crippen molar-refractivity contribution in [3.63, 3.8) is 0 Å². The van der Waals surface area contributed by atoms with Gasteiger partial charge in [0.2, 0.25) is 13.6 Å². The molecule has 0 aliphatic rings. The van der Waals surface area contributed by atoms with E-state index in [1.165, 1.54) is 0 Å². The van der Waals surface area contributed by atoms with E-state index in [4.69, 9.17) is 10.5 Å². The van der Waals surface area contributed by atoms with E-state index < -0.39 is 13.6 Å². The van der Waals surface area contributed by atoms with Gasteiger partial charge in [0.25, 0.3) is 0 Å². The molecule has 0 saturated carbocycles. The largest absolute Gasteiger partial charge is 0.249 e. The normalized spacial score (nSPS) is 9.75. The Balaban J connectivity index is 2.53. The van der Waals surface area contributed by atoms with Crippen LogP contribution in [0.2, 0.25) is 0 Å². The monoisotopic (exact) mass is 126 g/mol. The Morgan fingerprint density at radius 3 is 1.50 bits per heavy atom. The van der Waals surface area contributed by atoms with E-state index in [1.807, 2.05) is 0 Å². The Kier molecular flexibility index (Phi) is 6.56. The lowest BCUT2D eigenvalue weighted by molar-refractivity contribution is -0.449. The van der Waals surface area contributed by atoms with Gasteiger partial charge in [0.05, 0.1) is 0 Å². The molecule has 0 saturated heterocycles. The van der Waals surface area contributed by atoms with E-state index >= 15 is 0 Å². The van der Waals surface area contributed by atoms with E-state index in [0.717, 1.165) is 0 Å². The molecule has 0 rings (SSSR count). The molecular formula is C2H6O6. The minimum atomic E-state index is -0.427. The summed E-state index contributed by atoms with van der Waals surface area (Å²) >= 11 is 0. The number of hydrogen-bond acceptors (Lipinski definition) is 6. The number of rotatable bonds is 5. The molecule has 6 nitrogen and oxygen atoms in total. The van der Waals surface area contributed by atoms with Gasteiger partial charge in [-0.2, -0.15) is 0 Å². The highest BCUT2D eigenvalue weighted by molar-refractivity contribution is 3.78. The van der Waals surface area contributed by atoms with Crippen LogP contribution in [0, 0.1) is 0 Å². The highest BCUT2D eigenvalue weighted by Crippen LogP contribution is 1.76. The topological polar surface area (TPSA) is 77.4 Å².